The highest BCUT2D eigenvalue weighted by atomic mass is 16.5. The maximum atomic E-state index is 12.1. The minimum atomic E-state index is -0.666. The predicted octanol–water partition coefficient (Wildman–Crippen LogP) is 1.84. The van der Waals surface area contributed by atoms with Gasteiger partial charge in [0.05, 0.1) is 12.1 Å². The minimum Gasteiger partial charge on any atom is -0.508 e. The van der Waals surface area contributed by atoms with Gasteiger partial charge in [0.2, 0.25) is 11.8 Å². The predicted molar refractivity (Wildman–Crippen MR) is 98.3 cm³/mol. The van der Waals surface area contributed by atoms with Crippen molar-refractivity contribution in [3.05, 3.63) is 59.7 Å². The lowest BCUT2D eigenvalue weighted by Crippen LogP contribution is -2.28. The Hall–Kier alpha value is -3.68. The van der Waals surface area contributed by atoms with E-state index in [0.717, 1.165) is 0 Å². The lowest BCUT2D eigenvalue weighted by molar-refractivity contribution is -0.139. The number of esters is 1. The first-order valence-electron chi connectivity index (χ1n) is 8.60. The Morgan fingerprint density at radius 3 is 2.18 bits per heavy atom. The van der Waals surface area contributed by atoms with Crippen molar-refractivity contribution in [2.24, 2.45) is 0 Å². The van der Waals surface area contributed by atoms with Gasteiger partial charge < -0.3 is 15.2 Å². The van der Waals surface area contributed by atoms with Crippen LogP contribution in [0.2, 0.25) is 0 Å². The number of nitrogens with zero attached hydrogens (tertiary/aromatic N) is 1. The molecule has 0 bridgehead atoms. The average molecular weight is 382 g/mol. The first-order chi connectivity index (χ1) is 13.4. The van der Waals surface area contributed by atoms with Crippen molar-refractivity contribution in [2.75, 3.05) is 11.9 Å². The molecule has 0 saturated carbocycles. The van der Waals surface area contributed by atoms with Gasteiger partial charge in [0, 0.05) is 18.5 Å². The molecule has 0 aliphatic carbocycles. The molecule has 0 radical (unpaired) electrons. The summed E-state index contributed by atoms with van der Waals surface area (Å²) in [5.74, 6) is -1.50. The van der Waals surface area contributed by atoms with E-state index in [1.54, 1.807) is 12.1 Å². The first kappa shape index (κ1) is 19.1. The Labute approximate surface area is 160 Å². The monoisotopic (exact) mass is 382 g/mol. The van der Waals surface area contributed by atoms with Crippen molar-refractivity contribution < 1.29 is 29.0 Å². The second-order valence-electron chi connectivity index (χ2n) is 6.24. The van der Waals surface area contributed by atoms with Gasteiger partial charge >= 0.3 is 5.97 Å². The van der Waals surface area contributed by atoms with Crippen molar-refractivity contribution in [1.82, 2.24) is 4.90 Å². The number of carbonyl (C=O) groups is 4. The quantitative estimate of drug-likeness (QED) is 0.448. The number of aromatic hydroxyl groups is 1. The topological polar surface area (TPSA) is 113 Å². The number of amides is 3. The molecule has 3 rings (SSSR count). The van der Waals surface area contributed by atoms with Crippen LogP contribution in [0.5, 0.6) is 5.75 Å². The molecule has 0 atom stereocenters. The lowest BCUT2D eigenvalue weighted by Gasteiger charge is -2.13. The van der Waals surface area contributed by atoms with Gasteiger partial charge in [-0.3, -0.25) is 19.3 Å². The number of hydrogen-bond donors (Lipinski definition) is 2. The van der Waals surface area contributed by atoms with E-state index in [-0.39, 0.29) is 42.5 Å². The fourth-order valence-corrected chi connectivity index (χ4v) is 2.68. The van der Waals surface area contributed by atoms with E-state index >= 15 is 0 Å². The molecule has 2 aromatic carbocycles. The fourth-order valence-electron chi connectivity index (χ4n) is 2.68. The molecule has 8 heteroatoms. The van der Waals surface area contributed by atoms with E-state index in [4.69, 9.17) is 4.74 Å². The molecule has 28 heavy (non-hydrogen) atoms. The third-order valence-corrected chi connectivity index (χ3v) is 4.17. The van der Waals surface area contributed by atoms with E-state index in [2.05, 4.69) is 5.32 Å². The van der Waals surface area contributed by atoms with Gasteiger partial charge in [0.25, 0.3) is 5.91 Å². The van der Waals surface area contributed by atoms with E-state index in [9.17, 15) is 24.3 Å². The molecule has 0 unspecified atom stereocenters. The van der Waals surface area contributed by atoms with E-state index < -0.39 is 18.5 Å². The zero-order valence-electron chi connectivity index (χ0n) is 14.9. The molecule has 3 amide bonds. The average Bonchev–Trinajstić information content (AvgIpc) is 3.00. The highest BCUT2D eigenvalue weighted by molar-refractivity contribution is 6.01. The van der Waals surface area contributed by atoms with Crippen LogP contribution in [0.3, 0.4) is 0 Å². The number of benzene rings is 2. The number of phenols is 1. The maximum absolute atomic E-state index is 12.1. The second kappa shape index (κ2) is 8.34. The third-order valence-electron chi connectivity index (χ3n) is 4.17. The van der Waals surface area contributed by atoms with Crippen LogP contribution in [0, 0.1) is 0 Å². The number of imide groups is 1. The van der Waals surface area contributed by atoms with Gasteiger partial charge in [0.1, 0.15) is 5.75 Å². The van der Waals surface area contributed by atoms with Gasteiger partial charge in [-0.05, 0) is 42.0 Å². The van der Waals surface area contributed by atoms with Gasteiger partial charge in [-0.15, -0.1) is 0 Å². The molecular formula is C20H18N2O6. The SMILES string of the molecule is O=C(COC(=O)c1ccc(CN2C(=O)CCC2=O)cc1)Nc1ccc(O)cc1. The molecule has 0 spiro atoms. The molecule has 8 nitrogen and oxygen atoms in total. The van der Waals surface area contributed by atoms with Gasteiger partial charge in [-0.2, -0.15) is 0 Å². The summed E-state index contributed by atoms with van der Waals surface area (Å²) in [6, 6.07) is 12.2. The van der Waals surface area contributed by atoms with Crippen molar-refractivity contribution in [3.8, 4) is 5.75 Å². The summed E-state index contributed by atoms with van der Waals surface area (Å²) in [4.78, 5) is 48.4. The van der Waals surface area contributed by atoms with Crippen LogP contribution < -0.4 is 5.32 Å². The Morgan fingerprint density at radius 1 is 0.964 bits per heavy atom. The van der Waals surface area contributed by atoms with Crippen LogP contribution in [-0.2, 0) is 25.7 Å². The fraction of sp³-hybridized carbons (Fsp3) is 0.200. The first-order valence-corrected chi connectivity index (χ1v) is 8.60. The molecule has 1 aliphatic rings. The van der Waals surface area contributed by atoms with Crippen molar-refractivity contribution >= 4 is 29.4 Å². The third kappa shape index (κ3) is 4.73. The zero-order valence-corrected chi connectivity index (χ0v) is 14.9. The van der Waals surface area contributed by atoms with Crippen LogP contribution in [-0.4, -0.2) is 40.3 Å². The molecule has 1 saturated heterocycles. The number of phenolic OH excluding ortho intramolecular Hbond substituents is 1. The molecular weight excluding hydrogens is 364 g/mol. The molecule has 0 aromatic heterocycles. The van der Waals surface area contributed by atoms with Crippen LogP contribution >= 0.6 is 0 Å². The summed E-state index contributed by atoms with van der Waals surface area (Å²) in [6.07, 6.45) is 0.463. The summed E-state index contributed by atoms with van der Waals surface area (Å²) in [7, 11) is 0. The van der Waals surface area contributed by atoms with Crippen molar-refractivity contribution in [3.63, 3.8) is 0 Å². The lowest BCUT2D eigenvalue weighted by atomic mass is 10.1. The number of likely N-dealkylation sites (tertiary alicyclic amines) is 1. The Kier molecular flexibility index (Phi) is 5.69. The number of ether oxygens (including phenoxy) is 1. The number of anilines is 1. The number of carbonyl (C=O) groups excluding carboxylic acids is 4. The van der Waals surface area contributed by atoms with Crippen molar-refractivity contribution in [2.45, 2.75) is 19.4 Å². The second-order valence-corrected chi connectivity index (χ2v) is 6.24. The summed E-state index contributed by atoms with van der Waals surface area (Å²) < 4.78 is 4.97. The number of nitrogens with one attached hydrogen (secondary N) is 1. The highest BCUT2D eigenvalue weighted by Gasteiger charge is 2.28. The van der Waals surface area contributed by atoms with Gasteiger partial charge in [-0.1, -0.05) is 12.1 Å². The van der Waals surface area contributed by atoms with Crippen LogP contribution in [0.15, 0.2) is 48.5 Å². The van der Waals surface area contributed by atoms with E-state index in [0.29, 0.717) is 11.3 Å². The molecule has 2 aromatic rings. The maximum Gasteiger partial charge on any atom is 0.338 e. The summed E-state index contributed by atoms with van der Waals surface area (Å²) in [5, 5.41) is 11.7. The largest absolute Gasteiger partial charge is 0.508 e. The van der Waals surface area contributed by atoms with Gasteiger partial charge in [-0.25, -0.2) is 4.79 Å². The Bertz CT molecular complexity index is 889. The molecule has 2 N–H and O–H groups in total. The Balaban J connectivity index is 1.50. The molecule has 1 fully saturated rings. The molecule has 1 heterocycles. The number of hydrogen-bond acceptors (Lipinski definition) is 6. The minimum absolute atomic E-state index is 0.0753. The normalized spacial score (nSPS) is 13.5. The number of rotatable bonds is 6. The van der Waals surface area contributed by atoms with Crippen LogP contribution in [0.4, 0.5) is 5.69 Å². The van der Waals surface area contributed by atoms with E-state index in [1.807, 2.05) is 0 Å². The highest BCUT2D eigenvalue weighted by Crippen LogP contribution is 2.17. The molecule has 1 aliphatic heterocycles. The van der Waals surface area contributed by atoms with Crippen LogP contribution in [0.1, 0.15) is 28.8 Å². The summed E-state index contributed by atoms with van der Waals surface area (Å²) in [6.45, 7) is -0.291. The van der Waals surface area contributed by atoms with E-state index in [1.165, 1.54) is 41.3 Å². The Morgan fingerprint density at radius 2 is 1.57 bits per heavy atom. The van der Waals surface area contributed by atoms with Gasteiger partial charge in [0.15, 0.2) is 6.61 Å². The summed E-state index contributed by atoms with van der Waals surface area (Å²) >= 11 is 0. The standard InChI is InChI=1S/C20H18N2O6/c23-16-7-5-15(6-8-16)21-17(24)12-28-20(27)14-3-1-13(2-4-14)11-22-18(25)9-10-19(22)26/h1-8,23H,9-12H2,(H,21,24). The van der Waals surface area contributed by atoms with Crippen LogP contribution in [0.25, 0.3) is 0 Å². The van der Waals surface area contributed by atoms with Crippen molar-refractivity contribution in [1.29, 1.82) is 0 Å². The molecule has 144 valence electrons. The smallest absolute Gasteiger partial charge is 0.338 e. The zero-order chi connectivity index (χ0) is 20.1. The summed E-state index contributed by atoms with van der Waals surface area (Å²) in [5.41, 5.74) is 1.43.